The molecule has 0 unspecified atom stereocenters. The molecule has 0 N–H and O–H groups in total. The molecule has 0 atom stereocenters. The average Bonchev–Trinajstić information content (AvgIpc) is 3.10. The van der Waals surface area contributed by atoms with Crippen molar-refractivity contribution in [3.8, 4) is 51.4 Å². The van der Waals surface area contributed by atoms with Gasteiger partial charge in [-0.25, -0.2) is 19.9 Å². The van der Waals surface area contributed by atoms with Crippen molar-refractivity contribution < 1.29 is 0 Å². The van der Waals surface area contributed by atoms with Gasteiger partial charge in [-0.15, -0.1) is 0 Å². The molecule has 0 saturated carbocycles. The second kappa shape index (κ2) is 10.5. The molecule has 4 heterocycles. The van der Waals surface area contributed by atoms with Gasteiger partial charge >= 0.3 is 0 Å². The van der Waals surface area contributed by atoms with E-state index in [1.807, 2.05) is 103 Å². The highest BCUT2D eigenvalue weighted by molar-refractivity contribution is 5.97. The van der Waals surface area contributed by atoms with Crippen LogP contribution in [0.1, 0.15) is 5.56 Å². The number of fused-ring (bicyclic) bond motifs is 3. The number of hydrogen-bond acceptors (Lipinski definition) is 7. The van der Waals surface area contributed by atoms with E-state index in [0.717, 1.165) is 55.2 Å². The molecule has 204 valence electrons. The lowest BCUT2D eigenvalue weighted by molar-refractivity contribution is 1.16. The Labute approximate surface area is 252 Å². The van der Waals surface area contributed by atoms with Gasteiger partial charge in [-0.05, 0) is 54.6 Å². The summed E-state index contributed by atoms with van der Waals surface area (Å²) in [6.07, 6.45) is 3.57. The van der Waals surface area contributed by atoms with Gasteiger partial charge in [0.25, 0.3) is 0 Å². The van der Waals surface area contributed by atoms with Crippen LogP contribution in [-0.2, 0) is 0 Å². The lowest BCUT2D eigenvalue weighted by Gasteiger charge is -2.14. The SMILES string of the molecule is N#Cc1cccc(-c2nc3ccccc3nc2-c2cc(-c3cccc4ncccc34)nc(-c3cccc4ncccc34)n2)c1. The van der Waals surface area contributed by atoms with E-state index in [-0.39, 0.29) is 0 Å². The van der Waals surface area contributed by atoms with Gasteiger partial charge in [0.15, 0.2) is 5.82 Å². The van der Waals surface area contributed by atoms with Gasteiger partial charge in [-0.1, -0.05) is 60.7 Å². The fourth-order valence-corrected chi connectivity index (χ4v) is 5.57. The minimum atomic E-state index is 0.541. The number of nitriles is 1. The van der Waals surface area contributed by atoms with Crippen molar-refractivity contribution in [1.82, 2.24) is 29.9 Å². The number of nitrogens with zero attached hydrogens (tertiary/aromatic N) is 7. The van der Waals surface area contributed by atoms with E-state index >= 15 is 0 Å². The zero-order valence-corrected chi connectivity index (χ0v) is 23.3. The third-order valence-electron chi connectivity index (χ3n) is 7.61. The molecule has 0 aliphatic rings. The van der Waals surface area contributed by atoms with Crippen molar-refractivity contribution in [3.05, 3.63) is 133 Å². The van der Waals surface area contributed by atoms with E-state index in [2.05, 4.69) is 22.1 Å². The van der Waals surface area contributed by atoms with Crippen molar-refractivity contribution in [2.45, 2.75) is 0 Å². The molecule has 0 bridgehead atoms. The Morgan fingerprint density at radius 1 is 0.477 bits per heavy atom. The van der Waals surface area contributed by atoms with Crippen LogP contribution in [-0.4, -0.2) is 29.9 Å². The van der Waals surface area contributed by atoms with Crippen LogP contribution in [0, 0.1) is 11.3 Å². The van der Waals surface area contributed by atoms with Gasteiger partial charge in [-0.2, -0.15) is 5.26 Å². The molecule has 8 aromatic rings. The van der Waals surface area contributed by atoms with E-state index in [4.69, 9.17) is 19.9 Å². The van der Waals surface area contributed by atoms with Gasteiger partial charge in [0.05, 0.1) is 50.8 Å². The van der Waals surface area contributed by atoms with Crippen molar-refractivity contribution in [3.63, 3.8) is 0 Å². The number of hydrogen-bond donors (Lipinski definition) is 0. The first-order chi connectivity index (χ1) is 21.7. The van der Waals surface area contributed by atoms with Crippen molar-refractivity contribution in [2.75, 3.05) is 0 Å². The standard InChI is InChI=1S/C37H21N7/c38-22-23-8-3-9-24(20-23)35-36(42-32-15-2-1-14-31(32)41-35)34-21-33(26-10-4-16-29-25(26)12-6-18-39-29)43-37(44-34)28-11-5-17-30-27(28)13-7-19-40-30/h1-21H. The number of rotatable bonds is 4. The first-order valence-corrected chi connectivity index (χ1v) is 14.1. The van der Waals surface area contributed by atoms with Gasteiger partial charge in [-0.3, -0.25) is 9.97 Å². The highest BCUT2D eigenvalue weighted by Crippen LogP contribution is 2.36. The number of para-hydroxylation sites is 2. The molecule has 4 aromatic carbocycles. The van der Waals surface area contributed by atoms with Crippen LogP contribution in [0.15, 0.2) is 128 Å². The Morgan fingerprint density at radius 3 is 1.82 bits per heavy atom. The third-order valence-corrected chi connectivity index (χ3v) is 7.61. The second-order valence-electron chi connectivity index (χ2n) is 10.3. The van der Waals surface area contributed by atoms with E-state index in [0.29, 0.717) is 28.5 Å². The highest BCUT2D eigenvalue weighted by atomic mass is 14.9. The molecular formula is C37H21N7. The van der Waals surface area contributed by atoms with Crippen LogP contribution >= 0.6 is 0 Å². The molecule has 0 aliphatic heterocycles. The predicted octanol–water partition coefficient (Wildman–Crippen LogP) is 8.06. The van der Waals surface area contributed by atoms with E-state index in [1.165, 1.54) is 0 Å². The molecule has 7 heteroatoms. The van der Waals surface area contributed by atoms with Gasteiger partial charge < -0.3 is 0 Å². The molecule has 0 amide bonds. The van der Waals surface area contributed by atoms with Crippen molar-refractivity contribution in [1.29, 1.82) is 5.26 Å². The fraction of sp³-hybridized carbons (Fsp3) is 0. The summed E-state index contributed by atoms with van der Waals surface area (Å²) < 4.78 is 0. The lowest BCUT2D eigenvalue weighted by Crippen LogP contribution is -2.01. The lowest BCUT2D eigenvalue weighted by atomic mass is 10.0. The highest BCUT2D eigenvalue weighted by Gasteiger charge is 2.20. The maximum atomic E-state index is 9.65. The summed E-state index contributed by atoms with van der Waals surface area (Å²) in [5.74, 6) is 0.545. The predicted molar refractivity (Wildman–Crippen MR) is 172 cm³/mol. The van der Waals surface area contributed by atoms with Crippen molar-refractivity contribution >= 4 is 32.8 Å². The molecule has 0 fully saturated rings. The molecule has 7 nitrogen and oxygen atoms in total. The van der Waals surface area contributed by atoms with Crippen LogP contribution < -0.4 is 0 Å². The molecule has 0 spiro atoms. The maximum absolute atomic E-state index is 9.65. The Morgan fingerprint density at radius 2 is 1.09 bits per heavy atom. The smallest absolute Gasteiger partial charge is 0.161 e. The maximum Gasteiger partial charge on any atom is 0.161 e. The Kier molecular flexibility index (Phi) is 6.02. The minimum Gasteiger partial charge on any atom is -0.256 e. The largest absolute Gasteiger partial charge is 0.256 e. The van der Waals surface area contributed by atoms with E-state index in [1.54, 1.807) is 18.5 Å². The van der Waals surface area contributed by atoms with Crippen LogP contribution in [0.2, 0.25) is 0 Å². The molecular weight excluding hydrogens is 542 g/mol. The average molecular weight is 564 g/mol. The first kappa shape index (κ1) is 25.3. The summed E-state index contributed by atoms with van der Waals surface area (Å²) in [5, 5.41) is 11.6. The van der Waals surface area contributed by atoms with Gasteiger partial charge in [0.2, 0.25) is 0 Å². The quantitative estimate of drug-likeness (QED) is 0.213. The van der Waals surface area contributed by atoms with Crippen LogP contribution in [0.5, 0.6) is 0 Å². The zero-order valence-electron chi connectivity index (χ0n) is 23.3. The Balaban J connectivity index is 1.46. The Hall–Kier alpha value is -6.39. The van der Waals surface area contributed by atoms with Crippen LogP contribution in [0.4, 0.5) is 0 Å². The fourth-order valence-electron chi connectivity index (χ4n) is 5.57. The molecule has 0 radical (unpaired) electrons. The van der Waals surface area contributed by atoms with Gasteiger partial charge in [0, 0.05) is 39.9 Å². The van der Waals surface area contributed by atoms with Gasteiger partial charge in [0.1, 0.15) is 5.69 Å². The van der Waals surface area contributed by atoms with Crippen molar-refractivity contribution in [2.24, 2.45) is 0 Å². The summed E-state index contributed by atoms with van der Waals surface area (Å²) in [6.45, 7) is 0. The number of aromatic nitrogens is 6. The summed E-state index contributed by atoms with van der Waals surface area (Å²) >= 11 is 0. The van der Waals surface area contributed by atoms with Crippen LogP contribution in [0.3, 0.4) is 0 Å². The zero-order chi connectivity index (χ0) is 29.5. The third kappa shape index (κ3) is 4.39. The number of pyridine rings is 2. The summed E-state index contributed by atoms with van der Waals surface area (Å²) in [4.78, 5) is 29.6. The molecule has 8 rings (SSSR count). The normalized spacial score (nSPS) is 11.2. The topological polar surface area (TPSA) is 101 Å². The van der Waals surface area contributed by atoms with E-state index < -0.39 is 0 Å². The monoisotopic (exact) mass is 563 g/mol. The molecule has 0 saturated heterocycles. The minimum absolute atomic E-state index is 0.541. The van der Waals surface area contributed by atoms with E-state index in [9.17, 15) is 5.26 Å². The first-order valence-electron chi connectivity index (χ1n) is 14.1. The second-order valence-corrected chi connectivity index (χ2v) is 10.3. The molecule has 0 aliphatic carbocycles. The summed E-state index contributed by atoms with van der Waals surface area (Å²) in [6, 6.07) is 39.3. The summed E-state index contributed by atoms with van der Waals surface area (Å²) in [5.41, 5.74) is 8.92. The molecule has 4 aromatic heterocycles. The van der Waals surface area contributed by atoms with Crippen LogP contribution in [0.25, 0.3) is 78.1 Å². The molecule has 44 heavy (non-hydrogen) atoms. The summed E-state index contributed by atoms with van der Waals surface area (Å²) in [7, 11) is 0. The number of benzene rings is 4. The Bertz CT molecular complexity index is 2320.